The molecule has 0 saturated heterocycles. The molecule has 2 aliphatic carbocycles. The molecule has 0 aromatic heterocycles. The van der Waals surface area contributed by atoms with Crippen molar-refractivity contribution in [2.45, 2.75) is 120 Å². The van der Waals surface area contributed by atoms with E-state index in [4.69, 9.17) is 0 Å². The smallest absolute Gasteiger partial charge is 0.0465 e. The van der Waals surface area contributed by atoms with Crippen molar-refractivity contribution in [1.82, 2.24) is 0 Å². The summed E-state index contributed by atoms with van der Waals surface area (Å²) in [6.07, 6.45) is 4.13. The number of hydrogen-bond acceptors (Lipinski definition) is 4. The predicted octanol–water partition coefficient (Wildman–Crippen LogP) is 25.3. The molecule has 14 rings (SSSR count). The molecule has 0 N–H and O–H groups in total. The average molecular weight is 1230 g/mol. The zero-order valence-corrected chi connectivity index (χ0v) is 57.0. The molecular formula is C90H88N4. The topological polar surface area (TPSA) is 13.0 Å². The summed E-state index contributed by atoms with van der Waals surface area (Å²) in [6, 6.07) is 99.7. The summed E-state index contributed by atoms with van der Waals surface area (Å²) in [5.41, 5.74) is 34.9. The maximum atomic E-state index is 2.43. The Hall–Kier alpha value is -10.2. The third-order valence-electron chi connectivity index (χ3n) is 19.9. The minimum atomic E-state index is -0.176. The molecule has 0 bridgehead atoms. The van der Waals surface area contributed by atoms with Gasteiger partial charge in [-0.05, 0) is 266 Å². The lowest BCUT2D eigenvalue weighted by molar-refractivity contribution is 0.660. The third-order valence-corrected chi connectivity index (χ3v) is 19.9. The van der Waals surface area contributed by atoms with Gasteiger partial charge < -0.3 is 19.6 Å². The van der Waals surface area contributed by atoms with Gasteiger partial charge in [-0.3, -0.25) is 0 Å². The second kappa shape index (κ2) is 26.1. The molecule has 0 saturated carbocycles. The van der Waals surface area contributed by atoms with Gasteiger partial charge >= 0.3 is 0 Å². The van der Waals surface area contributed by atoms with Crippen LogP contribution in [0.15, 0.2) is 267 Å². The molecule has 94 heavy (non-hydrogen) atoms. The van der Waals surface area contributed by atoms with Gasteiger partial charge in [-0.15, -0.1) is 0 Å². The molecule has 0 amide bonds. The molecule has 468 valence electrons. The van der Waals surface area contributed by atoms with Gasteiger partial charge in [0.25, 0.3) is 0 Å². The SMILES string of the molecule is CCc1ccc(N(c2ccc(CC)cc2)c2ccc3c(c2)C(C)(C)c2cc(N(c4ccc(CC)cc4)c4ccc(CC)cc4)ccc2-3)cc1.Cc1ccc(N(c2ccc(C)cc2)c2ccc3c(c2)C(C)(C)c2cc(N(c4ccc(C)cc4)c4ccc(C)cc4)ccc2-3)cc1. The normalized spacial score (nSPS) is 12.8. The van der Waals surface area contributed by atoms with Gasteiger partial charge in [0.05, 0.1) is 0 Å². The fourth-order valence-corrected chi connectivity index (χ4v) is 14.1. The van der Waals surface area contributed by atoms with Gasteiger partial charge in [-0.1, -0.05) is 199 Å². The van der Waals surface area contributed by atoms with Crippen LogP contribution in [0.3, 0.4) is 0 Å². The number of nitrogens with zero attached hydrogens (tertiary/aromatic N) is 4. The quantitative estimate of drug-likeness (QED) is 0.0956. The number of aryl methyl sites for hydroxylation is 8. The summed E-state index contributed by atoms with van der Waals surface area (Å²) < 4.78 is 0. The number of anilines is 12. The summed E-state index contributed by atoms with van der Waals surface area (Å²) in [6.45, 7) is 26.9. The van der Waals surface area contributed by atoms with E-state index >= 15 is 0 Å². The third kappa shape index (κ3) is 12.1. The first kappa shape index (κ1) is 62.6. The van der Waals surface area contributed by atoms with E-state index in [1.54, 1.807) is 0 Å². The number of rotatable bonds is 16. The van der Waals surface area contributed by atoms with Crippen LogP contribution in [-0.4, -0.2) is 0 Å². The van der Waals surface area contributed by atoms with Crippen molar-refractivity contribution in [1.29, 1.82) is 0 Å². The highest BCUT2D eigenvalue weighted by Gasteiger charge is 2.39. The number of fused-ring (bicyclic) bond motifs is 6. The van der Waals surface area contributed by atoms with Crippen LogP contribution in [0.1, 0.15) is 122 Å². The maximum Gasteiger partial charge on any atom is 0.0465 e. The van der Waals surface area contributed by atoms with Gasteiger partial charge in [0.15, 0.2) is 0 Å². The molecular weight excluding hydrogens is 1140 g/mol. The monoisotopic (exact) mass is 1220 g/mol. The van der Waals surface area contributed by atoms with Crippen molar-refractivity contribution in [2.24, 2.45) is 0 Å². The fraction of sp³-hybridized carbons (Fsp3) is 0.200. The molecule has 0 spiro atoms. The lowest BCUT2D eigenvalue weighted by Gasteiger charge is -2.29. The van der Waals surface area contributed by atoms with Crippen molar-refractivity contribution in [3.63, 3.8) is 0 Å². The van der Waals surface area contributed by atoms with Gasteiger partial charge in [-0.2, -0.15) is 0 Å². The Morgan fingerprint density at radius 3 is 0.511 bits per heavy atom. The van der Waals surface area contributed by atoms with E-state index in [9.17, 15) is 0 Å². The standard InChI is InChI=1S/C47H48N2.C43H40N2/c1-7-33-11-19-37(20-12-33)48(38-21-13-34(8-2)14-22-38)41-27-29-43-44-30-28-42(32-46(44)47(5,6)45(43)31-41)49(39-23-15-35(9-3)16-24-39)40-25-17-36(10-4)18-26-40;1-29-7-15-33(16-8-29)44(34-17-9-30(2)10-18-34)37-23-25-39-40-26-24-38(28-42(40)43(5,6)41(39)27-37)45(35-19-11-31(3)12-20-35)36-21-13-32(4)14-22-36/h11-32H,7-10H2,1-6H3;7-28H,1-6H3. The number of benzene rings is 12. The van der Waals surface area contributed by atoms with Crippen molar-refractivity contribution < 1.29 is 0 Å². The van der Waals surface area contributed by atoms with Crippen LogP contribution in [-0.2, 0) is 36.5 Å². The average Bonchev–Trinajstić information content (AvgIpc) is 1.58. The molecule has 4 heteroatoms. The summed E-state index contributed by atoms with van der Waals surface area (Å²) in [7, 11) is 0. The highest BCUT2D eigenvalue weighted by Crippen LogP contribution is 2.55. The predicted molar refractivity (Wildman–Crippen MR) is 403 cm³/mol. The van der Waals surface area contributed by atoms with Crippen LogP contribution in [0.4, 0.5) is 68.2 Å². The lowest BCUT2D eigenvalue weighted by Crippen LogP contribution is -2.17. The Kier molecular flexibility index (Phi) is 17.4. The van der Waals surface area contributed by atoms with Crippen LogP contribution in [0.5, 0.6) is 0 Å². The molecule has 0 aliphatic heterocycles. The highest BCUT2D eigenvalue weighted by molar-refractivity contribution is 5.91. The Labute approximate surface area is 560 Å². The second-order valence-corrected chi connectivity index (χ2v) is 26.9. The zero-order valence-electron chi connectivity index (χ0n) is 57.0. The largest absolute Gasteiger partial charge is 0.310 e. The van der Waals surface area contributed by atoms with E-state index in [-0.39, 0.29) is 10.8 Å². The first-order chi connectivity index (χ1) is 45.5. The Morgan fingerprint density at radius 1 is 0.202 bits per heavy atom. The van der Waals surface area contributed by atoms with E-state index in [0.717, 1.165) is 48.4 Å². The first-order valence-electron chi connectivity index (χ1n) is 33.9. The van der Waals surface area contributed by atoms with Crippen LogP contribution in [0.25, 0.3) is 22.3 Å². The summed E-state index contributed by atoms with van der Waals surface area (Å²) >= 11 is 0. The molecule has 0 radical (unpaired) electrons. The van der Waals surface area contributed by atoms with Crippen molar-refractivity contribution in [2.75, 3.05) is 19.6 Å². The summed E-state index contributed by atoms with van der Waals surface area (Å²) in [5.74, 6) is 0. The molecule has 0 unspecified atom stereocenters. The van der Waals surface area contributed by atoms with Crippen LogP contribution >= 0.6 is 0 Å². The maximum absolute atomic E-state index is 2.43. The van der Waals surface area contributed by atoms with Gasteiger partial charge in [0, 0.05) is 79.1 Å². The van der Waals surface area contributed by atoms with E-state index in [0.29, 0.717) is 0 Å². The molecule has 12 aromatic rings. The summed E-state index contributed by atoms with van der Waals surface area (Å²) in [4.78, 5) is 9.57. The molecule has 2 aliphatic rings. The fourth-order valence-electron chi connectivity index (χ4n) is 14.1. The van der Waals surface area contributed by atoms with Crippen LogP contribution in [0.2, 0.25) is 0 Å². The molecule has 0 atom stereocenters. The molecule has 0 heterocycles. The van der Waals surface area contributed by atoms with Crippen molar-refractivity contribution in [3.8, 4) is 22.3 Å². The first-order valence-corrected chi connectivity index (χ1v) is 33.9. The van der Waals surface area contributed by atoms with Gasteiger partial charge in [0.1, 0.15) is 0 Å². The van der Waals surface area contributed by atoms with E-state index in [1.165, 1.54) is 135 Å². The number of hydrogen-bond donors (Lipinski definition) is 0. The highest BCUT2D eigenvalue weighted by atomic mass is 15.2. The van der Waals surface area contributed by atoms with Gasteiger partial charge in [-0.25, -0.2) is 0 Å². The lowest BCUT2D eigenvalue weighted by atomic mass is 9.82. The molecule has 0 fully saturated rings. The van der Waals surface area contributed by atoms with Crippen LogP contribution in [0, 0.1) is 27.7 Å². The minimum absolute atomic E-state index is 0.171. The molecule has 12 aromatic carbocycles. The van der Waals surface area contributed by atoms with E-state index in [1.807, 2.05) is 0 Å². The van der Waals surface area contributed by atoms with Crippen LogP contribution < -0.4 is 19.6 Å². The zero-order chi connectivity index (χ0) is 65.4. The Balaban J connectivity index is 0.000000171. The Morgan fingerprint density at radius 2 is 0.351 bits per heavy atom. The summed E-state index contributed by atoms with van der Waals surface area (Å²) in [5, 5.41) is 0. The van der Waals surface area contributed by atoms with Crippen molar-refractivity contribution in [3.05, 3.63) is 334 Å². The van der Waals surface area contributed by atoms with Crippen molar-refractivity contribution >= 4 is 68.2 Å². The van der Waals surface area contributed by atoms with Gasteiger partial charge in [0.2, 0.25) is 0 Å². The molecule has 4 nitrogen and oxygen atoms in total. The second-order valence-electron chi connectivity index (χ2n) is 26.9. The van der Waals surface area contributed by atoms with E-state index < -0.39 is 0 Å². The Bertz CT molecular complexity index is 4150. The minimum Gasteiger partial charge on any atom is -0.310 e. The van der Waals surface area contributed by atoms with E-state index in [2.05, 4.69) is 370 Å².